The van der Waals surface area contributed by atoms with Gasteiger partial charge >= 0.3 is 0 Å². The molecule has 2 heteroatoms. The Balaban J connectivity index is 0.000000314. The zero-order valence-corrected chi connectivity index (χ0v) is 31.9. The van der Waals surface area contributed by atoms with E-state index >= 15 is 0 Å². The Hall–Kier alpha value is -3.36. The maximum absolute atomic E-state index is 5.62. The van der Waals surface area contributed by atoms with Crippen LogP contribution in [0.2, 0.25) is 0 Å². The van der Waals surface area contributed by atoms with Crippen molar-refractivity contribution in [3.8, 4) is 5.75 Å². The Bertz CT molecular complexity index is 1160. The van der Waals surface area contributed by atoms with E-state index < -0.39 is 0 Å². The lowest BCUT2D eigenvalue weighted by atomic mass is 9.88. The summed E-state index contributed by atoms with van der Waals surface area (Å²) in [5, 5.41) is 0. The summed E-state index contributed by atoms with van der Waals surface area (Å²) in [6, 6.07) is 41.5. The minimum atomic E-state index is -0.0458. The first-order valence-electron chi connectivity index (χ1n) is 17.2. The lowest BCUT2D eigenvalue weighted by molar-refractivity contribution is -0.0149. The van der Waals surface area contributed by atoms with Crippen molar-refractivity contribution >= 4 is 0 Å². The van der Waals surface area contributed by atoms with Crippen molar-refractivity contribution < 1.29 is 9.47 Å². The first-order valence-corrected chi connectivity index (χ1v) is 17.2. The molecule has 4 aromatic carbocycles. The molecule has 0 aliphatic carbocycles. The van der Waals surface area contributed by atoms with Crippen molar-refractivity contribution in [3.63, 3.8) is 0 Å². The van der Waals surface area contributed by atoms with Crippen molar-refractivity contribution in [2.24, 2.45) is 16.2 Å². The Labute approximate surface area is 290 Å². The van der Waals surface area contributed by atoms with Gasteiger partial charge < -0.3 is 9.47 Å². The topological polar surface area (TPSA) is 18.5 Å². The van der Waals surface area contributed by atoms with Crippen LogP contribution in [0, 0.1) is 16.2 Å². The van der Waals surface area contributed by atoms with Gasteiger partial charge in [0.25, 0.3) is 0 Å². The van der Waals surface area contributed by atoms with Gasteiger partial charge in [-0.3, -0.25) is 0 Å². The van der Waals surface area contributed by atoms with E-state index in [0.717, 1.165) is 18.8 Å². The van der Waals surface area contributed by atoms with Gasteiger partial charge in [-0.05, 0) is 85.1 Å². The SMILES string of the molecule is CC(C)(C)CCc1ccccc1.CC(C)(C)COc1ccccc1.CC(C)(C)Cc1ccccc1.CC(C)(C)OCc1ccccc1. The normalized spacial score (nSPS) is 11.5. The molecule has 0 unspecified atom stereocenters. The molecular weight excluding hydrogens is 572 g/mol. The van der Waals surface area contributed by atoms with E-state index in [1.165, 1.54) is 29.5 Å². The van der Waals surface area contributed by atoms with E-state index in [0.29, 0.717) is 17.4 Å². The van der Waals surface area contributed by atoms with Gasteiger partial charge in [0.15, 0.2) is 0 Å². The maximum atomic E-state index is 5.62. The molecule has 2 nitrogen and oxygen atoms in total. The molecule has 47 heavy (non-hydrogen) atoms. The number of hydrogen-bond acceptors (Lipinski definition) is 2. The van der Waals surface area contributed by atoms with Gasteiger partial charge in [0.1, 0.15) is 5.75 Å². The van der Waals surface area contributed by atoms with Crippen molar-refractivity contribution in [2.75, 3.05) is 6.61 Å². The molecule has 0 aromatic heterocycles. The molecule has 0 amide bonds. The molecule has 0 heterocycles. The average molecular weight is 639 g/mol. The molecule has 4 rings (SSSR count). The minimum Gasteiger partial charge on any atom is -0.493 e. The van der Waals surface area contributed by atoms with E-state index in [2.05, 4.69) is 156 Å². The second kappa shape index (κ2) is 20.8. The largest absolute Gasteiger partial charge is 0.493 e. The summed E-state index contributed by atoms with van der Waals surface area (Å²) in [5.41, 5.74) is 5.16. The quantitative estimate of drug-likeness (QED) is 0.200. The predicted molar refractivity (Wildman–Crippen MR) is 206 cm³/mol. The number of para-hydroxylation sites is 1. The fraction of sp³-hybridized carbons (Fsp3) is 0.467. The first kappa shape index (κ1) is 41.7. The molecule has 4 aromatic rings. The second-order valence-corrected chi connectivity index (χ2v) is 16.8. The zero-order valence-electron chi connectivity index (χ0n) is 31.9. The maximum Gasteiger partial charge on any atom is 0.119 e. The van der Waals surface area contributed by atoms with Crippen LogP contribution in [0.15, 0.2) is 121 Å². The third-order valence-corrected chi connectivity index (χ3v) is 6.51. The number of hydrogen-bond donors (Lipinski definition) is 0. The number of benzene rings is 4. The molecule has 0 spiro atoms. The van der Waals surface area contributed by atoms with Crippen LogP contribution < -0.4 is 4.74 Å². The molecule has 0 aliphatic heterocycles. The van der Waals surface area contributed by atoms with Crippen molar-refractivity contribution in [2.45, 2.75) is 115 Å². The third-order valence-electron chi connectivity index (χ3n) is 6.51. The zero-order chi connectivity index (χ0) is 35.4. The summed E-state index contributed by atoms with van der Waals surface area (Å²) in [6.07, 6.45) is 3.62. The van der Waals surface area contributed by atoms with Crippen LogP contribution in [-0.4, -0.2) is 12.2 Å². The number of rotatable bonds is 7. The summed E-state index contributed by atoms with van der Waals surface area (Å²) in [5.74, 6) is 0.951. The highest BCUT2D eigenvalue weighted by Crippen LogP contribution is 2.21. The highest BCUT2D eigenvalue weighted by molar-refractivity contribution is 5.21. The summed E-state index contributed by atoms with van der Waals surface area (Å²) < 4.78 is 11.2. The minimum absolute atomic E-state index is 0.0458. The van der Waals surface area contributed by atoms with Crippen LogP contribution in [0.25, 0.3) is 0 Å². The van der Waals surface area contributed by atoms with E-state index in [1.54, 1.807) is 0 Å². The fourth-order valence-corrected chi connectivity index (χ4v) is 4.06. The molecule has 0 fully saturated rings. The summed E-state index contributed by atoms with van der Waals surface area (Å²) >= 11 is 0. The standard InChI is InChI=1S/C12H18.2C11H16O.C11H16/c1-12(2,3)10-9-11-7-5-4-6-8-11;1-11(2,3)9-12-10-7-5-4-6-8-10;1-11(2,3)12-9-10-7-5-4-6-8-10;1-11(2,3)9-10-7-5-4-6-8-10/h4-8H,9-10H2,1-3H3;2*4-8H,9H2,1-3H3;4-8H,9H2,1-3H3. The van der Waals surface area contributed by atoms with Crippen molar-refractivity contribution in [1.82, 2.24) is 0 Å². The van der Waals surface area contributed by atoms with Crippen LogP contribution in [-0.2, 0) is 24.2 Å². The van der Waals surface area contributed by atoms with Crippen LogP contribution in [0.5, 0.6) is 5.75 Å². The van der Waals surface area contributed by atoms with Gasteiger partial charge in [0.2, 0.25) is 0 Å². The Morgan fingerprint density at radius 1 is 0.426 bits per heavy atom. The lowest BCUT2D eigenvalue weighted by Crippen LogP contribution is -2.18. The number of ether oxygens (including phenoxy) is 2. The van der Waals surface area contributed by atoms with Gasteiger partial charge in [-0.15, -0.1) is 0 Å². The Kier molecular flexibility index (Phi) is 18.4. The van der Waals surface area contributed by atoms with Crippen molar-refractivity contribution in [3.05, 3.63) is 138 Å². The van der Waals surface area contributed by atoms with Crippen LogP contribution in [0.1, 0.15) is 106 Å². The molecule has 0 bridgehead atoms. The van der Waals surface area contributed by atoms with Crippen LogP contribution >= 0.6 is 0 Å². The molecule has 0 radical (unpaired) electrons. The molecule has 0 saturated heterocycles. The second-order valence-electron chi connectivity index (χ2n) is 16.8. The van der Waals surface area contributed by atoms with E-state index in [4.69, 9.17) is 9.47 Å². The smallest absolute Gasteiger partial charge is 0.119 e. The highest BCUT2D eigenvalue weighted by atomic mass is 16.5. The molecule has 0 aliphatic rings. The van der Waals surface area contributed by atoms with E-state index in [1.807, 2.05) is 48.5 Å². The van der Waals surface area contributed by atoms with Gasteiger partial charge in [0, 0.05) is 0 Å². The molecule has 0 atom stereocenters. The monoisotopic (exact) mass is 639 g/mol. The highest BCUT2D eigenvalue weighted by Gasteiger charge is 2.12. The van der Waals surface area contributed by atoms with E-state index in [-0.39, 0.29) is 11.0 Å². The average Bonchev–Trinajstić information content (AvgIpc) is 2.99. The molecule has 258 valence electrons. The van der Waals surface area contributed by atoms with Gasteiger partial charge in [-0.1, -0.05) is 172 Å². The molecular formula is C45H66O2. The molecule has 0 saturated carbocycles. The summed E-state index contributed by atoms with van der Waals surface area (Å²) in [4.78, 5) is 0. The Morgan fingerprint density at radius 2 is 0.830 bits per heavy atom. The summed E-state index contributed by atoms with van der Waals surface area (Å²) in [6.45, 7) is 27.8. The molecule has 0 N–H and O–H groups in total. The van der Waals surface area contributed by atoms with E-state index in [9.17, 15) is 0 Å². The lowest BCUT2D eigenvalue weighted by Gasteiger charge is -2.19. The Morgan fingerprint density at radius 3 is 1.21 bits per heavy atom. The first-order chi connectivity index (χ1) is 21.8. The fourth-order valence-electron chi connectivity index (χ4n) is 4.06. The number of aryl methyl sites for hydroxylation is 1. The van der Waals surface area contributed by atoms with Crippen molar-refractivity contribution in [1.29, 1.82) is 0 Å². The summed E-state index contributed by atoms with van der Waals surface area (Å²) in [7, 11) is 0. The van der Waals surface area contributed by atoms with Gasteiger partial charge in [-0.25, -0.2) is 0 Å². The predicted octanol–water partition coefficient (Wildman–Crippen LogP) is 13.1. The van der Waals surface area contributed by atoms with Gasteiger partial charge in [-0.2, -0.15) is 0 Å². The van der Waals surface area contributed by atoms with Crippen LogP contribution in [0.3, 0.4) is 0 Å². The third kappa shape index (κ3) is 26.4. The van der Waals surface area contributed by atoms with Crippen LogP contribution in [0.4, 0.5) is 0 Å². The van der Waals surface area contributed by atoms with Gasteiger partial charge in [0.05, 0.1) is 18.8 Å².